The topological polar surface area (TPSA) is 105 Å². The van der Waals surface area contributed by atoms with E-state index in [0.717, 1.165) is 41.8 Å². The summed E-state index contributed by atoms with van der Waals surface area (Å²) < 4.78 is 37.3. The van der Waals surface area contributed by atoms with Crippen LogP contribution in [0.5, 0.6) is 11.5 Å². The lowest BCUT2D eigenvalue weighted by atomic mass is 10.1. The predicted molar refractivity (Wildman–Crippen MR) is 143 cm³/mol. The van der Waals surface area contributed by atoms with E-state index in [1.165, 1.54) is 12.0 Å². The number of anilines is 1. The Labute approximate surface area is 219 Å². The van der Waals surface area contributed by atoms with Crippen molar-refractivity contribution in [2.24, 2.45) is 0 Å². The molecule has 0 bridgehead atoms. The van der Waals surface area contributed by atoms with Crippen LogP contribution in [-0.2, 0) is 26.2 Å². The molecule has 3 rings (SSSR count). The molecule has 10 heteroatoms. The second-order valence-electron chi connectivity index (χ2n) is 9.23. The number of benzene rings is 2. The number of sulfonamides is 1. The lowest BCUT2D eigenvalue weighted by molar-refractivity contribution is -0.140. The van der Waals surface area contributed by atoms with Crippen LogP contribution < -0.4 is 19.1 Å². The van der Waals surface area contributed by atoms with Gasteiger partial charge in [-0.25, -0.2) is 8.42 Å². The molecular weight excluding hydrogens is 494 g/mol. The molecule has 202 valence electrons. The van der Waals surface area contributed by atoms with E-state index in [0.29, 0.717) is 17.9 Å². The molecule has 0 spiro atoms. The van der Waals surface area contributed by atoms with Crippen LogP contribution in [0.4, 0.5) is 5.69 Å². The van der Waals surface area contributed by atoms with Gasteiger partial charge in [0, 0.05) is 12.6 Å². The Morgan fingerprint density at radius 1 is 1.05 bits per heavy atom. The van der Waals surface area contributed by atoms with Crippen molar-refractivity contribution < 1.29 is 27.5 Å². The SMILES string of the molecule is CCC(C(=O)NC1CCCC1)N(Cc1cccc(OC)c1)C(=O)CN(c1ccccc1OC)S(C)(=O)=O. The number of para-hydroxylation sites is 2. The summed E-state index contributed by atoms with van der Waals surface area (Å²) in [4.78, 5) is 28.7. The van der Waals surface area contributed by atoms with E-state index in [1.807, 2.05) is 19.1 Å². The fourth-order valence-corrected chi connectivity index (χ4v) is 5.54. The maximum atomic E-state index is 13.8. The van der Waals surface area contributed by atoms with Crippen molar-refractivity contribution in [2.45, 2.75) is 57.7 Å². The zero-order valence-corrected chi connectivity index (χ0v) is 22.8. The summed E-state index contributed by atoms with van der Waals surface area (Å²) in [7, 11) is -0.849. The summed E-state index contributed by atoms with van der Waals surface area (Å²) in [5.41, 5.74) is 1.02. The third-order valence-electron chi connectivity index (χ3n) is 6.61. The average Bonchev–Trinajstić information content (AvgIpc) is 3.39. The van der Waals surface area contributed by atoms with Crippen molar-refractivity contribution in [3.63, 3.8) is 0 Å². The molecule has 0 aliphatic heterocycles. The minimum absolute atomic E-state index is 0.0939. The Balaban J connectivity index is 1.96. The third-order valence-corrected chi connectivity index (χ3v) is 7.73. The van der Waals surface area contributed by atoms with Gasteiger partial charge in [0.25, 0.3) is 0 Å². The molecule has 1 aliphatic carbocycles. The van der Waals surface area contributed by atoms with E-state index in [1.54, 1.807) is 43.5 Å². The van der Waals surface area contributed by atoms with Gasteiger partial charge in [0.05, 0.1) is 26.2 Å². The molecule has 1 aliphatic rings. The number of ether oxygens (including phenoxy) is 2. The van der Waals surface area contributed by atoms with E-state index in [4.69, 9.17) is 9.47 Å². The van der Waals surface area contributed by atoms with Gasteiger partial charge in [-0.15, -0.1) is 0 Å². The van der Waals surface area contributed by atoms with E-state index in [-0.39, 0.29) is 24.2 Å². The number of hydrogen-bond acceptors (Lipinski definition) is 6. The molecule has 0 saturated heterocycles. The first-order chi connectivity index (χ1) is 17.7. The zero-order chi connectivity index (χ0) is 27.0. The number of nitrogens with one attached hydrogen (secondary N) is 1. The molecule has 2 amide bonds. The van der Waals surface area contributed by atoms with Crippen molar-refractivity contribution in [3.8, 4) is 11.5 Å². The molecular formula is C27H37N3O6S. The summed E-state index contributed by atoms with van der Waals surface area (Å²) in [6.07, 6.45) is 5.39. The fourth-order valence-electron chi connectivity index (χ4n) is 4.69. The first kappa shape index (κ1) is 28.3. The summed E-state index contributed by atoms with van der Waals surface area (Å²) >= 11 is 0. The quantitative estimate of drug-likeness (QED) is 0.451. The minimum Gasteiger partial charge on any atom is -0.497 e. The molecule has 37 heavy (non-hydrogen) atoms. The van der Waals surface area contributed by atoms with Crippen LogP contribution in [0, 0.1) is 0 Å². The Hall–Kier alpha value is -3.27. The molecule has 1 atom stereocenters. The van der Waals surface area contributed by atoms with Crippen LogP contribution in [0.2, 0.25) is 0 Å². The molecule has 1 N–H and O–H groups in total. The number of amides is 2. The molecule has 2 aromatic rings. The Morgan fingerprint density at radius 2 is 1.76 bits per heavy atom. The number of carbonyl (C=O) groups excluding carboxylic acids is 2. The van der Waals surface area contributed by atoms with Crippen molar-refractivity contribution in [1.29, 1.82) is 0 Å². The van der Waals surface area contributed by atoms with Gasteiger partial charge in [-0.05, 0) is 49.1 Å². The van der Waals surface area contributed by atoms with Crippen molar-refractivity contribution in [3.05, 3.63) is 54.1 Å². The van der Waals surface area contributed by atoms with E-state index < -0.39 is 28.5 Å². The number of hydrogen-bond donors (Lipinski definition) is 1. The van der Waals surface area contributed by atoms with E-state index in [2.05, 4.69) is 5.32 Å². The van der Waals surface area contributed by atoms with Crippen molar-refractivity contribution >= 4 is 27.5 Å². The predicted octanol–water partition coefficient (Wildman–Crippen LogP) is 3.34. The summed E-state index contributed by atoms with van der Waals surface area (Å²) in [6, 6.07) is 13.2. The van der Waals surface area contributed by atoms with Gasteiger partial charge in [0.2, 0.25) is 21.8 Å². The van der Waals surface area contributed by atoms with Gasteiger partial charge >= 0.3 is 0 Å². The van der Waals surface area contributed by atoms with Gasteiger partial charge in [-0.1, -0.05) is 44.0 Å². The fraction of sp³-hybridized carbons (Fsp3) is 0.481. The Kier molecular flexibility index (Phi) is 9.79. The summed E-state index contributed by atoms with van der Waals surface area (Å²) in [5.74, 6) is 0.229. The normalized spacial score (nSPS) is 14.6. The van der Waals surface area contributed by atoms with Crippen LogP contribution in [0.15, 0.2) is 48.5 Å². The van der Waals surface area contributed by atoms with E-state index >= 15 is 0 Å². The largest absolute Gasteiger partial charge is 0.497 e. The van der Waals surface area contributed by atoms with Gasteiger partial charge in [0.1, 0.15) is 24.1 Å². The third kappa shape index (κ3) is 7.38. The highest BCUT2D eigenvalue weighted by Crippen LogP contribution is 2.30. The average molecular weight is 532 g/mol. The van der Waals surface area contributed by atoms with Crippen LogP contribution in [0.25, 0.3) is 0 Å². The van der Waals surface area contributed by atoms with Crippen LogP contribution in [-0.4, -0.2) is 64.2 Å². The number of nitrogens with zero attached hydrogens (tertiary/aromatic N) is 2. The molecule has 1 fully saturated rings. The first-order valence-corrected chi connectivity index (χ1v) is 14.4. The number of methoxy groups -OCH3 is 2. The Bertz CT molecular complexity index is 1180. The molecule has 1 unspecified atom stereocenters. The second-order valence-corrected chi connectivity index (χ2v) is 11.1. The van der Waals surface area contributed by atoms with E-state index in [9.17, 15) is 18.0 Å². The standard InChI is InChI=1S/C27H37N3O6S/c1-5-23(27(32)28-21-12-6-7-13-21)29(18-20-11-10-14-22(17-20)35-2)26(31)19-30(37(4,33)34)24-15-8-9-16-25(24)36-3/h8-11,14-17,21,23H,5-7,12-13,18-19H2,1-4H3,(H,28,32). The number of rotatable bonds is 12. The zero-order valence-electron chi connectivity index (χ0n) is 22.0. The molecule has 1 saturated carbocycles. The first-order valence-electron chi connectivity index (χ1n) is 12.5. The molecule has 9 nitrogen and oxygen atoms in total. The second kappa shape index (κ2) is 12.8. The van der Waals surface area contributed by atoms with Crippen LogP contribution in [0.1, 0.15) is 44.6 Å². The number of carbonyl (C=O) groups is 2. The molecule has 0 aromatic heterocycles. The maximum Gasteiger partial charge on any atom is 0.244 e. The van der Waals surface area contributed by atoms with Crippen LogP contribution in [0.3, 0.4) is 0 Å². The highest BCUT2D eigenvalue weighted by molar-refractivity contribution is 7.92. The van der Waals surface area contributed by atoms with Gasteiger partial charge in [-0.2, -0.15) is 0 Å². The maximum absolute atomic E-state index is 13.8. The van der Waals surface area contributed by atoms with Gasteiger partial charge < -0.3 is 19.7 Å². The highest BCUT2D eigenvalue weighted by Gasteiger charge is 2.33. The van der Waals surface area contributed by atoms with Crippen molar-refractivity contribution in [2.75, 3.05) is 31.3 Å². The highest BCUT2D eigenvalue weighted by atomic mass is 32.2. The summed E-state index contributed by atoms with van der Waals surface area (Å²) in [6.45, 7) is 1.49. The van der Waals surface area contributed by atoms with Crippen molar-refractivity contribution in [1.82, 2.24) is 10.2 Å². The monoisotopic (exact) mass is 531 g/mol. The molecule has 2 aromatic carbocycles. The smallest absolute Gasteiger partial charge is 0.244 e. The minimum atomic E-state index is -3.85. The van der Waals surface area contributed by atoms with Gasteiger partial charge in [0.15, 0.2) is 0 Å². The lowest BCUT2D eigenvalue weighted by Gasteiger charge is -2.33. The summed E-state index contributed by atoms with van der Waals surface area (Å²) in [5, 5.41) is 3.10. The van der Waals surface area contributed by atoms with Gasteiger partial charge in [-0.3, -0.25) is 13.9 Å². The Morgan fingerprint density at radius 3 is 2.38 bits per heavy atom. The molecule has 0 radical (unpaired) electrons. The lowest BCUT2D eigenvalue weighted by Crippen LogP contribution is -2.53. The molecule has 0 heterocycles. The van der Waals surface area contributed by atoms with Crippen LogP contribution >= 0.6 is 0 Å².